The summed E-state index contributed by atoms with van der Waals surface area (Å²) in [5.41, 5.74) is 3.20. The van der Waals surface area contributed by atoms with Gasteiger partial charge in [0.15, 0.2) is 0 Å². The van der Waals surface area contributed by atoms with E-state index in [9.17, 15) is 4.79 Å². The zero-order valence-electron chi connectivity index (χ0n) is 11.4. The van der Waals surface area contributed by atoms with Gasteiger partial charge in [0.2, 0.25) is 0 Å². The molecular formula is C13H19ClN2O2. The Hall–Kier alpha value is -1.13. The van der Waals surface area contributed by atoms with E-state index in [4.69, 9.17) is 16.4 Å². The Kier molecular flexibility index (Phi) is 4.71. The highest BCUT2D eigenvalue weighted by Gasteiger charge is 2.15. The number of halogens is 1. The van der Waals surface area contributed by atoms with Crippen LogP contribution >= 0.6 is 11.6 Å². The average molecular weight is 271 g/mol. The van der Waals surface area contributed by atoms with E-state index >= 15 is 0 Å². The molecule has 0 bridgehead atoms. The molecule has 0 aromatic carbocycles. The van der Waals surface area contributed by atoms with Crippen molar-refractivity contribution in [3.05, 3.63) is 28.5 Å². The molecule has 5 heteroatoms. The zero-order chi connectivity index (χ0) is 13.9. The summed E-state index contributed by atoms with van der Waals surface area (Å²) in [7, 11) is 0. The van der Waals surface area contributed by atoms with Gasteiger partial charge in [-0.05, 0) is 38.8 Å². The summed E-state index contributed by atoms with van der Waals surface area (Å²) in [6, 6.07) is 3.24. The third-order valence-electron chi connectivity index (χ3n) is 2.12. The molecule has 1 aromatic heterocycles. The lowest BCUT2D eigenvalue weighted by Gasteiger charge is -2.19. The van der Waals surface area contributed by atoms with Gasteiger partial charge in [-0.3, -0.25) is 9.63 Å². The maximum Gasteiger partial charge on any atom is 0.275 e. The molecule has 0 radical (unpaired) electrons. The summed E-state index contributed by atoms with van der Waals surface area (Å²) in [6.07, 6.45) is 0. The molecule has 0 aliphatic heterocycles. The number of hydrogen-bond donors (Lipinski definition) is 1. The summed E-state index contributed by atoms with van der Waals surface area (Å²) in [5.74, 6) is -0.116. The van der Waals surface area contributed by atoms with Crippen molar-refractivity contribution in [2.45, 2.75) is 46.1 Å². The summed E-state index contributed by atoms with van der Waals surface area (Å²) >= 11 is 5.90. The fourth-order valence-electron chi connectivity index (χ4n) is 1.20. The molecule has 0 aliphatic carbocycles. The minimum absolute atomic E-state index is 0.207. The number of carbonyl (C=O) groups is 1. The van der Waals surface area contributed by atoms with Crippen molar-refractivity contribution in [2.75, 3.05) is 0 Å². The Balaban J connectivity index is 2.86. The lowest BCUT2D eigenvalue weighted by molar-refractivity contribution is -0.0589. The van der Waals surface area contributed by atoms with Crippen LogP contribution in [0.5, 0.6) is 0 Å². The van der Waals surface area contributed by atoms with Crippen molar-refractivity contribution in [2.24, 2.45) is 0 Å². The van der Waals surface area contributed by atoms with Crippen LogP contribution in [-0.2, 0) is 4.84 Å². The zero-order valence-corrected chi connectivity index (χ0v) is 12.1. The lowest BCUT2D eigenvalue weighted by atomic mass is 10.1. The predicted molar refractivity (Wildman–Crippen MR) is 71.6 cm³/mol. The molecule has 1 amide bonds. The van der Waals surface area contributed by atoms with Crippen LogP contribution in [-0.4, -0.2) is 16.5 Å². The van der Waals surface area contributed by atoms with Crippen LogP contribution in [0.2, 0.25) is 5.15 Å². The lowest BCUT2D eigenvalue weighted by Crippen LogP contribution is -2.33. The van der Waals surface area contributed by atoms with Gasteiger partial charge in [0.25, 0.3) is 5.91 Å². The maximum atomic E-state index is 11.9. The first-order valence-corrected chi connectivity index (χ1v) is 6.22. The number of rotatable bonds is 3. The maximum absolute atomic E-state index is 11.9. The second-order valence-electron chi connectivity index (χ2n) is 5.40. The molecule has 18 heavy (non-hydrogen) atoms. The van der Waals surface area contributed by atoms with Crippen LogP contribution < -0.4 is 5.48 Å². The first-order chi connectivity index (χ1) is 8.19. The van der Waals surface area contributed by atoms with E-state index in [0.717, 1.165) is 5.69 Å². The number of pyridine rings is 1. The van der Waals surface area contributed by atoms with E-state index in [0.29, 0.717) is 10.7 Å². The molecular weight excluding hydrogens is 252 g/mol. The van der Waals surface area contributed by atoms with E-state index in [1.807, 2.05) is 34.6 Å². The van der Waals surface area contributed by atoms with Crippen LogP contribution in [0.25, 0.3) is 0 Å². The van der Waals surface area contributed by atoms with Gasteiger partial charge in [-0.15, -0.1) is 0 Å². The highest BCUT2D eigenvalue weighted by atomic mass is 35.5. The summed E-state index contributed by atoms with van der Waals surface area (Å²) < 4.78 is 0. The monoisotopic (exact) mass is 270 g/mol. The van der Waals surface area contributed by atoms with Gasteiger partial charge in [0, 0.05) is 11.3 Å². The Morgan fingerprint density at radius 1 is 1.39 bits per heavy atom. The molecule has 1 aromatic rings. The summed E-state index contributed by atoms with van der Waals surface area (Å²) in [6.45, 7) is 9.54. The molecule has 0 aliphatic rings. The molecule has 1 N–H and O–H groups in total. The Labute approximate surface area is 113 Å². The number of nitrogens with one attached hydrogen (secondary N) is 1. The van der Waals surface area contributed by atoms with Crippen LogP contribution in [0.3, 0.4) is 0 Å². The highest BCUT2D eigenvalue weighted by Crippen LogP contribution is 2.17. The first kappa shape index (κ1) is 14.9. The smallest absolute Gasteiger partial charge is 0.268 e. The van der Waals surface area contributed by atoms with Crippen molar-refractivity contribution in [1.29, 1.82) is 0 Å². The van der Waals surface area contributed by atoms with E-state index in [1.165, 1.54) is 6.07 Å². The number of amides is 1. The third-order valence-corrected chi connectivity index (χ3v) is 2.31. The van der Waals surface area contributed by atoms with Gasteiger partial charge in [-0.1, -0.05) is 25.4 Å². The number of aromatic nitrogens is 1. The van der Waals surface area contributed by atoms with Gasteiger partial charge in [0.1, 0.15) is 5.15 Å². The second kappa shape index (κ2) is 5.67. The average Bonchev–Trinajstić information content (AvgIpc) is 2.23. The van der Waals surface area contributed by atoms with Crippen molar-refractivity contribution < 1.29 is 9.63 Å². The second-order valence-corrected chi connectivity index (χ2v) is 5.79. The summed E-state index contributed by atoms with van der Waals surface area (Å²) in [5, 5.41) is 0.308. The highest BCUT2D eigenvalue weighted by molar-refractivity contribution is 6.29. The molecule has 4 nitrogen and oxygen atoms in total. The van der Waals surface area contributed by atoms with E-state index < -0.39 is 5.60 Å². The van der Waals surface area contributed by atoms with E-state index in [1.54, 1.807) is 6.07 Å². The molecule has 0 saturated carbocycles. The molecule has 0 atom stereocenters. The first-order valence-electron chi connectivity index (χ1n) is 5.85. The molecule has 1 rings (SSSR count). The Morgan fingerprint density at radius 3 is 2.50 bits per heavy atom. The normalized spacial score (nSPS) is 11.7. The molecule has 1 heterocycles. The SMILES string of the molecule is CC(C)c1cc(C(=O)NOC(C)(C)C)cc(Cl)n1. The van der Waals surface area contributed by atoms with Crippen molar-refractivity contribution >= 4 is 17.5 Å². The minimum Gasteiger partial charge on any atom is -0.268 e. The van der Waals surface area contributed by atoms with Gasteiger partial charge < -0.3 is 0 Å². The minimum atomic E-state index is -0.437. The van der Waals surface area contributed by atoms with Crippen LogP contribution in [0.1, 0.15) is 56.6 Å². The quantitative estimate of drug-likeness (QED) is 0.677. The van der Waals surface area contributed by atoms with Gasteiger partial charge in [0.05, 0.1) is 5.60 Å². The van der Waals surface area contributed by atoms with Crippen LogP contribution in [0, 0.1) is 0 Å². The van der Waals surface area contributed by atoms with Crippen LogP contribution in [0.15, 0.2) is 12.1 Å². The number of hydroxylamine groups is 1. The van der Waals surface area contributed by atoms with Gasteiger partial charge >= 0.3 is 0 Å². The van der Waals surface area contributed by atoms with Crippen molar-refractivity contribution in [3.63, 3.8) is 0 Å². The van der Waals surface area contributed by atoms with E-state index in [2.05, 4.69) is 10.5 Å². The van der Waals surface area contributed by atoms with Crippen molar-refractivity contribution in [1.82, 2.24) is 10.5 Å². The van der Waals surface area contributed by atoms with Crippen LogP contribution in [0.4, 0.5) is 0 Å². The molecule has 100 valence electrons. The predicted octanol–water partition coefficient (Wildman–Crippen LogP) is 3.32. The fraction of sp³-hybridized carbons (Fsp3) is 0.538. The molecule has 0 spiro atoms. The fourth-order valence-corrected chi connectivity index (χ4v) is 1.42. The van der Waals surface area contributed by atoms with Gasteiger partial charge in [-0.25, -0.2) is 10.5 Å². The standard InChI is InChI=1S/C13H19ClN2O2/c1-8(2)10-6-9(7-11(14)15-10)12(17)16-18-13(3,4)5/h6-8H,1-5H3,(H,16,17). The Morgan fingerprint density at radius 2 is 2.00 bits per heavy atom. The number of nitrogens with zero attached hydrogens (tertiary/aromatic N) is 1. The number of carbonyl (C=O) groups excluding carboxylic acids is 1. The van der Waals surface area contributed by atoms with Crippen molar-refractivity contribution in [3.8, 4) is 0 Å². The molecule has 0 saturated heterocycles. The topological polar surface area (TPSA) is 51.2 Å². The summed E-state index contributed by atoms with van der Waals surface area (Å²) in [4.78, 5) is 21.3. The molecule has 0 fully saturated rings. The number of hydrogen-bond acceptors (Lipinski definition) is 3. The Bertz CT molecular complexity index is 439. The molecule has 0 unspecified atom stereocenters. The van der Waals surface area contributed by atoms with Gasteiger partial charge in [-0.2, -0.15) is 0 Å². The third kappa shape index (κ3) is 4.63. The van der Waals surface area contributed by atoms with E-state index in [-0.39, 0.29) is 11.8 Å². The largest absolute Gasteiger partial charge is 0.275 e.